The highest BCUT2D eigenvalue weighted by Gasteiger charge is 2.24. The van der Waals surface area contributed by atoms with Crippen LogP contribution in [0.2, 0.25) is 0 Å². The Morgan fingerprint density at radius 3 is 2.39 bits per heavy atom. The van der Waals surface area contributed by atoms with Gasteiger partial charge in [0.2, 0.25) is 5.95 Å². The van der Waals surface area contributed by atoms with Crippen LogP contribution in [0.15, 0.2) is 54.9 Å². The highest BCUT2D eigenvalue weighted by Crippen LogP contribution is 2.32. The molecule has 0 aliphatic carbocycles. The van der Waals surface area contributed by atoms with Gasteiger partial charge in [-0.2, -0.15) is 0 Å². The zero-order chi connectivity index (χ0) is 24.3. The van der Waals surface area contributed by atoms with E-state index in [1.165, 1.54) is 5.56 Å². The minimum atomic E-state index is -0.0342. The molecule has 0 unspecified atom stereocenters. The molecule has 1 saturated heterocycles. The van der Waals surface area contributed by atoms with Crippen molar-refractivity contribution in [2.75, 3.05) is 57.4 Å². The fourth-order valence-electron chi connectivity index (χ4n) is 4.90. The van der Waals surface area contributed by atoms with E-state index in [1.54, 1.807) is 24.5 Å². The van der Waals surface area contributed by atoms with Crippen molar-refractivity contribution >= 4 is 11.9 Å². The Morgan fingerprint density at radius 2 is 1.56 bits per heavy atom. The summed E-state index contributed by atoms with van der Waals surface area (Å²) in [6.07, 6.45) is 3.57. The quantitative estimate of drug-likeness (QED) is 0.556. The molecule has 186 valence electrons. The Bertz CT molecular complexity index is 1230. The molecule has 1 fully saturated rings. The average Bonchev–Trinajstić information content (AvgIpc) is 3.15. The third-order valence-corrected chi connectivity index (χ3v) is 6.79. The van der Waals surface area contributed by atoms with Gasteiger partial charge in [-0.1, -0.05) is 6.07 Å². The summed E-state index contributed by atoms with van der Waals surface area (Å²) in [6.45, 7) is 7.07. The zero-order valence-electron chi connectivity index (χ0n) is 20.1. The van der Waals surface area contributed by atoms with Crippen molar-refractivity contribution in [3.8, 4) is 17.2 Å². The van der Waals surface area contributed by atoms with Crippen molar-refractivity contribution in [3.05, 3.63) is 71.5 Å². The predicted molar refractivity (Wildman–Crippen MR) is 134 cm³/mol. The van der Waals surface area contributed by atoms with Gasteiger partial charge in [-0.05, 0) is 42.0 Å². The summed E-state index contributed by atoms with van der Waals surface area (Å²) in [7, 11) is 0. The number of carbonyl (C=O) groups is 1. The van der Waals surface area contributed by atoms with E-state index in [1.807, 2.05) is 23.1 Å². The Kier molecular flexibility index (Phi) is 6.29. The average molecular weight is 488 g/mol. The molecule has 0 N–H and O–H groups in total. The van der Waals surface area contributed by atoms with Crippen LogP contribution in [0.5, 0.6) is 17.2 Å². The number of fused-ring (bicyclic) bond motifs is 2. The fourth-order valence-corrected chi connectivity index (χ4v) is 4.90. The third-order valence-electron chi connectivity index (χ3n) is 6.79. The first kappa shape index (κ1) is 22.6. The van der Waals surface area contributed by atoms with Gasteiger partial charge >= 0.3 is 0 Å². The number of nitrogens with zero attached hydrogens (tertiary/aromatic N) is 5. The van der Waals surface area contributed by atoms with Gasteiger partial charge in [0.05, 0.1) is 6.54 Å². The van der Waals surface area contributed by atoms with Crippen LogP contribution in [0.1, 0.15) is 21.5 Å². The van der Waals surface area contributed by atoms with E-state index in [4.69, 9.17) is 14.2 Å². The second-order valence-corrected chi connectivity index (χ2v) is 9.19. The van der Waals surface area contributed by atoms with Gasteiger partial charge in [-0.3, -0.25) is 9.69 Å². The second-order valence-electron chi connectivity index (χ2n) is 9.19. The summed E-state index contributed by atoms with van der Waals surface area (Å²) >= 11 is 0. The Labute approximate surface area is 210 Å². The van der Waals surface area contributed by atoms with Gasteiger partial charge in [0.1, 0.15) is 25.6 Å². The van der Waals surface area contributed by atoms with Crippen LogP contribution in [0.25, 0.3) is 0 Å². The first-order valence-corrected chi connectivity index (χ1v) is 12.4. The largest absolute Gasteiger partial charge is 0.491 e. The zero-order valence-corrected chi connectivity index (χ0v) is 20.1. The van der Waals surface area contributed by atoms with Crippen molar-refractivity contribution < 1.29 is 19.0 Å². The fraction of sp³-hybridized carbons (Fsp3) is 0.370. The molecule has 2 aromatic carbocycles. The lowest BCUT2D eigenvalue weighted by molar-refractivity contribution is 0.0732. The summed E-state index contributed by atoms with van der Waals surface area (Å²) in [6, 6.07) is 13.6. The number of ether oxygens (including phenoxy) is 3. The normalized spacial score (nSPS) is 17.7. The van der Waals surface area contributed by atoms with Crippen molar-refractivity contribution in [2.45, 2.75) is 13.1 Å². The molecule has 1 amide bonds. The summed E-state index contributed by atoms with van der Waals surface area (Å²) in [4.78, 5) is 28.6. The molecule has 0 atom stereocenters. The van der Waals surface area contributed by atoms with Gasteiger partial charge in [0.25, 0.3) is 5.91 Å². The van der Waals surface area contributed by atoms with E-state index in [0.29, 0.717) is 50.0 Å². The highest BCUT2D eigenvalue weighted by atomic mass is 16.6. The molecule has 36 heavy (non-hydrogen) atoms. The van der Waals surface area contributed by atoms with Crippen LogP contribution in [-0.2, 0) is 13.1 Å². The van der Waals surface area contributed by atoms with Gasteiger partial charge in [-0.15, -0.1) is 0 Å². The van der Waals surface area contributed by atoms with Crippen molar-refractivity contribution in [1.82, 2.24) is 19.8 Å². The highest BCUT2D eigenvalue weighted by molar-refractivity contribution is 5.95. The van der Waals surface area contributed by atoms with E-state index in [-0.39, 0.29) is 5.91 Å². The Morgan fingerprint density at radius 1 is 0.806 bits per heavy atom. The summed E-state index contributed by atoms with van der Waals surface area (Å²) in [5, 5.41) is 0. The van der Waals surface area contributed by atoms with Crippen LogP contribution >= 0.6 is 0 Å². The molecular weight excluding hydrogens is 458 g/mol. The number of hydrogen-bond donors (Lipinski definition) is 0. The molecule has 0 saturated carbocycles. The standard InChI is InChI=1S/C27H29N5O4/c33-26(21-3-5-24-25(17-21)36-15-14-35-24)32-12-13-34-23-4-2-20(16-22(23)19-32)18-30-8-10-31(11-9-30)27-28-6-1-7-29-27/h1-7,16-17H,8-15,18-19H2. The van der Waals surface area contributed by atoms with E-state index >= 15 is 0 Å². The number of piperazine rings is 1. The second kappa shape index (κ2) is 10.0. The maximum absolute atomic E-state index is 13.3. The van der Waals surface area contributed by atoms with Crippen LogP contribution in [0.4, 0.5) is 5.95 Å². The van der Waals surface area contributed by atoms with Crippen LogP contribution in [-0.4, -0.2) is 78.2 Å². The van der Waals surface area contributed by atoms with Crippen molar-refractivity contribution in [3.63, 3.8) is 0 Å². The number of carbonyl (C=O) groups excluding carboxylic acids is 1. The maximum atomic E-state index is 13.3. The number of benzene rings is 2. The lowest BCUT2D eigenvalue weighted by Gasteiger charge is -2.34. The molecule has 9 heteroatoms. The SMILES string of the molecule is O=C(c1ccc2c(c1)OCCO2)N1CCOc2ccc(CN3CCN(c4ncccn4)CC3)cc2C1. The molecular formula is C27H29N5O4. The molecule has 0 radical (unpaired) electrons. The molecule has 3 aliphatic rings. The summed E-state index contributed by atoms with van der Waals surface area (Å²) in [5.41, 5.74) is 2.85. The third kappa shape index (κ3) is 4.79. The first-order chi connectivity index (χ1) is 17.7. The molecule has 0 spiro atoms. The van der Waals surface area contributed by atoms with Crippen LogP contribution in [0, 0.1) is 0 Å². The lowest BCUT2D eigenvalue weighted by atomic mass is 10.1. The Balaban J connectivity index is 1.12. The number of aromatic nitrogens is 2. The topological polar surface area (TPSA) is 80.3 Å². The predicted octanol–water partition coefficient (Wildman–Crippen LogP) is 2.60. The van der Waals surface area contributed by atoms with Gasteiger partial charge in [-0.25, -0.2) is 9.97 Å². The van der Waals surface area contributed by atoms with E-state index < -0.39 is 0 Å². The first-order valence-electron chi connectivity index (χ1n) is 12.4. The van der Waals surface area contributed by atoms with Gasteiger partial charge < -0.3 is 24.0 Å². The molecule has 3 aromatic rings. The number of anilines is 1. The molecule has 0 bridgehead atoms. The van der Waals surface area contributed by atoms with Crippen molar-refractivity contribution in [2.24, 2.45) is 0 Å². The molecule has 3 aliphatic heterocycles. The maximum Gasteiger partial charge on any atom is 0.254 e. The molecule has 4 heterocycles. The van der Waals surface area contributed by atoms with Gasteiger partial charge in [0.15, 0.2) is 11.5 Å². The number of rotatable bonds is 4. The van der Waals surface area contributed by atoms with E-state index in [0.717, 1.165) is 50.0 Å². The molecule has 6 rings (SSSR count). The monoisotopic (exact) mass is 487 g/mol. The minimum Gasteiger partial charge on any atom is -0.491 e. The van der Waals surface area contributed by atoms with E-state index in [9.17, 15) is 4.79 Å². The number of amides is 1. The minimum absolute atomic E-state index is 0.0342. The number of hydrogen-bond acceptors (Lipinski definition) is 8. The molecule has 1 aromatic heterocycles. The Hall–Kier alpha value is -3.85. The van der Waals surface area contributed by atoms with Gasteiger partial charge in [0, 0.05) is 62.8 Å². The smallest absolute Gasteiger partial charge is 0.254 e. The van der Waals surface area contributed by atoms with Crippen LogP contribution in [0.3, 0.4) is 0 Å². The lowest BCUT2D eigenvalue weighted by Crippen LogP contribution is -2.46. The summed E-state index contributed by atoms with van der Waals surface area (Å²) in [5.74, 6) is 2.92. The summed E-state index contributed by atoms with van der Waals surface area (Å²) < 4.78 is 17.2. The van der Waals surface area contributed by atoms with Crippen molar-refractivity contribution in [1.29, 1.82) is 0 Å². The van der Waals surface area contributed by atoms with E-state index in [2.05, 4.69) is 31.9 Å². The molecule has 9 nitrogen and oxygen atoms in total. The van der Waals surface area contributed by atoms with Crippen LogP contribution < -0.4 is 19.1 Å².